The van der Waals surface area contributed by atoms with Gasteiger partial charge in [-0.3, -0.25) is 14.3 Å². The standard InChI is InChI=1S/C17H17N5OS/c1-18-11-8-20-16-12(13(11)19-2)14-15(24-16)17(23)22(9-21-14)10-6-4-3-5-7-10/h8-10H,3-7H2,2H3,(H,19,20). The maximum Gasteiger partial charge on any atom is 0.271 e. The summed E-state index contributed by atoms with van der Waals surface area (Å²) in [6, 6.07) is 0.254. The van der Waals surface area contributed by atoms with Crippen LogP contribution in [0.2, 0.25) is 0 Å². The zero-order chi connectivity index (χ0) is 16.7. The molecule has 122 valence electrons. The van der Waals surface area contributed by atoms with Gasteiger partial charge in [-0.2, -0.15) is 0 Å². The summed E-state index contributed by atoms with van der Waals surface area (Å²) in [4.78, 5) is 26.2. The molecule has 0 atom stereocenters. The number of pyridine rings is 1. The molecule has 3 aromatic rings. The van der Waals surface area contributed by atoms with Crippen molar-refractivity contribution in [3.05, 3.63) is 34.3 Å². The van der Waals surface area contributed by atoms with Crippen LogP contribution in [0.15, 0.2) is 17.3 Å². The molecule has 1 fully saturated rings. The van der Waals surface area contributed by atoms with Crippen LogP contribution in [0.1, 0.15) is 38.1 Å². The van der Waals surface area contributed by atoms with E-state index in [-0.39, 0.29) is 11.6 Å². The Kier molecular flexibility index (Phi) is 3.69. The summed E-state index contributed by atoms with van der Waals surface area (Å²) >= 11 is 1.37. The van der Waals surface area contributed by atoms with Crippen LogP contribution in [0.3, 0.4) is 0 Å². The van der Waals surface area contributed by atoms with Gasteiger partial charge in [-0.15, -0.1) is 11.3 Å². The quantitative estimate of drug-likeness (QED) is 0.714. The van der Waals surface area contributed by atoms with Crippen LogP contribution >= 0.6 is 11.3 Å². The van der Waals surface area contributed by atoms with E-state index in [9.17, 15) is 4.79 Å². The van der Waals surface area contributed by atoms with E-state index in [0.29, 0.717) is 21.6 Å². The number of anilines is 1. The molecule has 0 amide bonds. The molecule has 3 aromatic heterocycles. The molecule has 0 unspecified atom stereocenters. The molecule has 1 saturated carbocycles. The van der Waals surface area contributed by atoms with Crippen molar-refractivity contribution in [1.29, 1.82) is 0 Å². The lowest BCUT2D eigenvalue weighted by Gasteiger charge is -2.23. The molecular weight excluding hydrogens is 322 g/mol. The second-order valence-corrected chi connectivity index (χ2v) is 7.09. The molecule has 0 bridgehead atoms. The average Bonchev–Trinajstić information content (AvgIpc) is 3.01. The lowest BCUT2D eigenvalue weighted by Crippen LogP contribution is -2.26. The SMILES string of the molecule is [C-]#[N+]c1cnc2sc3c(=O)n(C4CCCCC4)cnc3c2c1NC. The molecule has 1 aliphatic carbocycles. The van der Waals surface area contributed by atoms with E-state index in [2.05, 4.69) is 20.1 Å². The van der Waals surface area contributed by atoms with E-state index in [1.165, 1.54) is 30.6 Å². The second-order valence-electron chi connectivity index (χ2n) is 6.09. The topological polar surface area (TPSA) is 64.2 Å². The van der Waals surface area contributed by atoms with Crippen LogP contribution < -0.4 is 10.9 Å². The summed E-state index contributed by atoms with van der Waals surface area (Å²) in [6.45, 7) is 7.30. The molecule has 24 heavy (non-hydrogen) atoms. The first-order chi connectivity index (χ1) is 11.7. The first kappa shape index (κ1) is 15.1. The molecule has 6 nitrogen and oxygen atoms in total. The van der Waals surface area contributed by atoms with E-state index in [1.54, 1.807) is 24.1 Å². The van der Waals surface area contributed by atoms with Gasteiger partial charge in [-0.1, -0.05) is 19.3 Å². The third-order valence-corrected chi connectivity index (χ3v) is 5.83. The highest BCUT2D eigenvalue weighted by Gasteiger charge is 2.21. The first-order valence-electron chi connectivity index (χ1n) is 8.12. The van der Waals surface area contributed by atoms with Crippen molar-refractivity contribution in [1.82, 2.24) is 14.5 Å². The number of fused-ring (bicyclic) bond motifs is 3. The Hall–Kier alpha value is -2.46. The van der Waals surface area contributed by atoms with E-state index in [0.717, 1.165) is 23.1 Å². The van der Waals surface area contributed by atoms with Crippen molar-refractivity contribution < 1.29 is 0 Å². The van der Waals surface area contributed by atoms with Crippen LogP contribution in [0.4, 0.5) is 11.4 Å². The molecular formula is C17H17N5OS. The zero-order valence-corrected chi connectivity index (χ0v) is 14.2. The minimum Gasteiger partial charge on any atom is -0.396 e. The van der Waals surface area contributed by atoms with E-state index >= 15 is 0 Å². The van der Waals surface area contributed by atoms with Gasteiger partial charge in [-0.05, 0) is 12.8 Å². The Bertz CT molecular complexity index is 1020. The largest absolute Gasteiger partial charge is 0.396 e. The van der Waals surface area contributed by atoms with E-state index < -0.39 is 0 Å². The Balaban J connectivity index is 1.99. The number of aromatic nitrogens is 3. The summed E-state index contributed by atoms with van der Waals surface area (Å²) < 4.78 is 2.43. The summed E-state index contributed by atoms with van der Waals surface area (Å²) in [6.07, 6.45) is 8.90. The Morgan fingerprint density at radius 2 is 2.12 bits per heavy atom. The number of rotatable bonds is 2. The normalized spacial score (nSPS) is 15.7. The third kappa shape index (κ3) is 2.18. The molecule has 0 radical (unpaired) electrons. The van der Waals surface area contributed by atoms with Crippen molar-refractivity contribution in [2.45, 2.75) is 38.1 Å². The lowest BCUT2D eigenvalue weighted by atomic mass is 9.95. The number of nitrogens with one attached hydrogen (secondary N) is 1. The van der Waals surface area contributed by atoms with Gasteiger partial charge in [0, 0.05) is 19.3 Å². The van der Waals surface area contributed by atoms with Crippen molar-refractivity contribution in [3.8, 4) is 0 Å². The minimum atomic E-state index is 0.0151. The van der Waals surface area contributed by atoms with Crippen LogP contribution in [0.25, 0.3) is 25.3 Å². The molecule has 0 aromatic carbocycles. The monoisotopic (exact) mass is 339 g/mol. The molecule has 0 spiro atoms. The van der Waals surface area contributed by atoms with E-state index in [4.69, 9.17) is 6.57 Å². The van der Waals surface area contributed by atoms with Crippen LogP contribution in [0, 0.1) is 6.57 Å². The predicted molar refractivity (Wildman–Crippen MR) is 97.1 cm³/mol. The van der Waals surface area contributed by atoms with Crippen LogP contribution in [0.5, 0.6) is 0 Å². The Morgan fingerprint density at radius 3 is 2.83 bits per heavy atom. The van der Waals surface area contributed by atoms with Crippen molar-refractivity contribution in [2.24, 2.45) is 0 Å². The molecule has 0 saturated heterocycles. The highest BCUT2D eigenvalue weighted by Crippen LogP contribution is 2.39. The smallest absolute Gasteiger partial charge is 0.271 e. The van der Waals surface area contributed by atoms with Crippen LogP contribution in [-0.4, -0.2) is 21.6 Å². The second kappa shape index (κ2) is 5.87. The van der Waals surface area contributed by atoms with Gasteiger partial charge >= 0.3 is 0 Å². The average molecular weight is 339 g/mol. The van der Waals surface area contributed by atoms with Gasteiger partial charge in [0.15, 0.2) is 0 Å². The minimum absolute atomic E-state index is 0.0151. The first-order valence-corrected chi connectivity index (χ1v) is 8.93. The van der Waals surface area contributed by atoms with Crippen molar-refractivity contribution in [2.75, 3.05) is 12.4 Å². The van der Waals surface area contributed by atoms with Crippen molar-refractivity contribution >= 4 is 43.1 Å². The summed E-state index contributed by atoms with van der Waals surface area (Å²) in [5.74, 6) is 0. The number of thiophene rings is 1. The molecule has 1 N–H and O–H groups in total. The number of hydrogen-bond acceptors (Lipinski definition) is 5. The van der Waals surface area contributed by atoms with Gasteiger partial charge < -0.3 is 5.32 Å². The number of nitrogens with zero attached hydrogens (tertiary/aromatic N) is 4. The van der Waals surface area contributed by atoms with Gasteiger partial charge in [0.25, 0.3) is 5.56 Å². The highest BCUT2D eigenvalue weighted by molar-refractivity contribution is 7.25. The Labute approximate surface area is 143 Å². The molecule has 0 aliphatic heterocycles. The lowest BCUT2D eigenvalue weighted by molar-refractivity contribution is 0.345. The van der Waals surface area contributed by atoms with Crippen molar-refractivity contribution in [3.63, 3.8) is 0 Å². The molecule has 4 rings (SSSR count). The van der Waals surface area contributed by atoms with Gasteiger partial charge in [0.05, 0.1) is 29.5 Å². The maximum atomic E-state index is 13.0. The highest BCUT2D eigenvalue weighted by atomic mass is 32.1. The molecule has 3 heterocycles. The summed E-state index contributed by atoms with van der Waals surface area (Å²) in [5, 5.41) is 3.85. The molecule has 1 aliphatic rings. The fourth-order valence-electron chi connectivity index (χ4n) is 3.55. The van der Waals surface area contributed by atoms with Gasteiger partial charge in [0.2, 0.25) is 5.69 Å². The zero-order valence-electron chi connectivity index (χ0n) is 13.4. The predicted octanol–water partition coefficient (Wildman–Crippen LogP) is 4.10. The number of hydrogen-bond donors (Lipinski definition) is 1. The van der Waals surface area contributed by atoms with Gasteiger partial charge in [-0.25, -0.2) is 9.83 Å². The maximum absolute atomic E-state index is 13.0. The fraction of sp³-hybridized carbons (Fsp3) is 0.412. The van der Waals surface area contributed by atoms with Gasteiger partial charge in [0.1, 0.15) is 9.53 Å². The Morgan fingerprint density at radius 1 is 1.33 bits per heavy atom. The van der Waals surface area contributed by atoms with E-state index in [1.807, 2.05) is 0 Å². The summed E-state index contributed by atoms with van der Waals surface area (Å²) in [5.41, 5.74) is 1.81. The molecule has 7 heteroatoms. The summed E-state index contributed by atoms with van der Waals surface area (Å²) in [7, 11) is 1.77. The fourth-order valence-corrected chi connectivity index (χ4v) is 4.60. The van der Waals surface area contributed by atoms with Crippen LogP contribution in [-0.2, 0) is 0 Å². The third-order valence-electron chi connectivity index (χ3n) is 4.75.